The quantitative estimate of drug-likeness (QED) is 0.124. The Kier molecular flexibility index (Phi) is 6.90. The summed E-state index contributed by atoms with van der Waals surface area (Å²) < 4.78 is 27.5. The minimum atomic E-state index is -5.38. The fraction of sp³-hybridized carbons (Fsp3) is 1.00. The zero-order chi connectivity index (χ0) is 16.4. The third kappa shape index (κ3) is 4.28. The molecule has 122 valence electrons. The number of hydrogen-bond donors (Lipinski definition) is 8. The fourth-order valence-corrected chi connectivity index (χ4v) is 3.02. The van der Waals surface area contributed by atoms with Crippen molar-refractivity contribution < 1.29 is 33.5 Å². The van der Waals surface area contributed by atoms with Gasteiger partial charge in [0, 0.05) is 13.1 Å². The van der Waals surface area contributed by atoms with Crippen LogP contribution in [0, 0.1) is 0 Å². The average molecular weight is 337 g/mol. The van der Waals surface area contributed by atoms with Gasteiger partial charge in [-0.15, -0.1) is 5.06 Å². The molecule has 0 aromatic carbocycles. The molecule has 0 saturated heterocycles. The van der Waals surface area contributed by atoms with Crippen LogP contribution in [0.5, 0.6) is 0 Å². The summed E-state index contributed by atoms with van der Waals surface area (Å²) in [6, 6.07) is 0. The van der Waals surface area contributed by atoms with E-state index in [0.717, 1.165) is 0 Å². The lowest BCUT2D eigenvalue weighted by Crippen LogP contribution is -2.57. The molecule has 0 aliphatic rings. The largest absolute Gasteiger partial charge is 0.388 e. The van der Waals surface area contributed by atoms with Crippen molar-refractivity contribution in [3.8, 4) is 0 Å². The molecule has 0 bridgehead atoms. The van der Waals surface area contributed by atoms with E-state index in [2.05, 4.69) is 4.62 Å². The van der Waals surface area contributed by atoms with Crippen molar-refractivity contribution in [2.45, 2.75) is 24.3 Å². The van der Waals surface area contributed by atoms with Gasteiger partial charge in [0.05, 0.1) is 12.3 Å². The van der Waals surface area contributed by atoms with Gasteiger partial charge in [0.2, 0.25) is 0 Å². The van der Waals surface area contributed by atoms with Crippen LogP contribution < -0.4 is 22.9 Å². The van der Waals surface area contributed by atoms with Crippen LogP contribution in [0.4, 0.5) is 0 Å². The monoisotopic (exact) mass is 337 g/mol. The van der Waals surface area contributed by atoms with E-state index in [9.17, 15) is 19.1 Å². The van der Waals surface area contributed by atoms with Crippen LogP contribution in [0.3, 0.4) is 0 Å². The van der Waals surface area contributed by atoms with E-state index in [-0.39, 0.29) is 13.1 Å². The minimum absolute atomic E-state index is 0.258. The topological polar surface area (TPSA) is 232 Å². The van der Waals surface area contributed by atoms with Crippen molar-refractivity contribution in [2.75, 3.05) is 13.1 Å². The maximum absolute atomic E-state index is 11.9. The van der Waals surface area contributed by atoms with Crippen LogP contribution in [-0.4, -0.2) is 55.4 Å². The molecule has 0 amide bonds. The molecule has 0 fully saturated rings. The van der Waals surface area contributed by atoms with Crippen molar-refractivity contribution in [1.29, 1.82) is 0 Å². The smallest absolute Gasteiger partial charge is 0.368 e. The Bertz CT molecular complexity index is 405. The summed E-state index contributed by atoms with van der Waals surface area (Å²) in [5, 5.41) is 6.74. The van der Waals surface area contributed by atoms with Crippen molar-refractivity contribution >= 4 is 15.2 Å². The summed E-state index contributed by atoms with van der Waals surface area (Å²) in [4.78, 5) is 27.4. The lowest BCUT2D eigenvalue weighted by atomic mass is 10.4. The molecule has 0 saturated carbocycles. The van der Waals surface area contributed by atoms with E-state index < -0.39 is 32.6 Å². The summed E-state index contributed by atoms with van der Waals surface area (Å²) in [5.41, 5.74) is 21.5. The standard InChI is InChI=1S/C6H21N5O7P2/c1-6(12,19(13,14)15)20(16,17)18-11(4(9)2-7)5(10)3-8/h4-5,12H,2-3,7-10H2,1H3,(H,16,17)(H2,13,14,15). The molecule has 0 heterocycles. The zero-order valence-electron chi connectivity index (χ0n) is 10.7. The van der Waals surface area contributed by atoms with E-state index >= 15 is 0 Å². The summed E-state index contributed by atoms with van der Waals surface area (Å²) in [6.07, 6.45) is -2.36. The molecular formula is C6H21N5O7P2. The molecule has 0 aromatic heterocycles. The lowest BCUT2D eigenvalue weighted by Gasteiger charge is -2.36. The second-order valence-electron chi connectivity index (χ2n) is 4.08. The average Bonchev–Trinajstić information content (AvgIpc) is 2.32. The van der Waals surface area contributed by atoms with Crippen molar-refractivity contribution in [3.63, 3.8) is 0 Å². The van der Waals surface area contributed by atoms with Gasteiger partial charge < -0.3 is 42.7 Å². The molecule has 20 heavy (non-hydrogen) atoms. The fourth-order valence-electron chi connectivity index (χ4n) is 0.945. The maximum Gasteiger partial charge on any atom is 0.388 e. The van der Waals surface area contributed by atoms with E-state index in [4.69, 9.17) is 32.7 Å². The van der Waals surface area contributed by atoms with Crippen molar-refractivity contribution in [1.82, 2.24) is 5.06 Å². The highest BCUT2D eigenvalue weighted by molar-refractivity contribution is 7.72. The molecule has 0 aliphatic carbocycles. The summed E-state index contributed by atoms with van der Waals surface area (Å²) in [7, 11) is -10.6. The molecule has 0 rings (SSSR count). The number of rotatable bonds is 8. The highest BCUT2D eigenvalue weighted by atomic mass is 31.2. The van der Waals surface area contributed by atoms with Gasteiger partial charge in [-0.1, -0.05) is 0 Å². The van der Waals surface area contributed by atoms with Crippen LogP contribution in [0.2, 0.25) is 0 Å². The number of nitrogens with zero attached hydrogens (tertiary/aromatic N) is 1. The second-order valence-corrected chi connectivity index (χ2v) is 8.47. The van der Waals surface area contributed by atoms with Gasteiger partial charge >= 0.3 is 15.2 Å². The van der Waals surface area contributed by atoms with E-state index in [1.165, 1.54) is 0 Å². The normalized spacial score (nSPS) is 22.1. The van der Waals surface area contributed by atoms with E-state index in [1.807, 2.05) is 0 Å². The SMILES string of the molecule is CC(O)(P(=O)(O)O)P(=O)(O)ON(C(N)CN)C(N)CN. The van der Waals surface area contributed by atoms with Crippen LogP contribution in [0.1, 0.15) is 6.92 Å². The Labute approximate surface area is 115 Å². The number of hydrogen-bond acceptors (Lipinski definition) is 9. The number of nitrogens with two attached hydrogens (primary N) is 4. The van der Waals surface area contributed by atoms with Gasteiger partial charge in [-0.3, -0.25) is 9.13 Å². The molecular weight excluding hydrogens is 316 g/mol. The molecule has 4 unspecified atom stereocenters. The minimum Gasteiger partial charge on any atom is -0.368 e. The van der Waals surface area contributed by atoms with Gasteiger partial charge in [-0.2, -0.15) is 0 Å². The number of aliphatic hydroxyl groups is 1. The Balaban J connectivity index is 5.42. The molecule has 12 nitrogen and oxygen atoms in total. The highest BCUT2D eigenvalue weighted by Gasteiger charge is 2.58. The third-order valence-corrected chi connectivity index (χ3v) is 6.55. The van der Waals surface area contributed by atoms with Crippen LogP contribution in [0.25, 0.3) is 0 Å². The molecule has 14 heteroatoms. The van der Waals surface area contributed by atoms with Gasteiger partial charge in [-0.05, 0) is 6.92 Å². The van der Waals surface area contributed by atoms with Crippen LogP contribution >= 0.6 is 15.2 Å². The second kappa shape index (κ2) is 6.88. The molecule has 0 spiro atoms. The third-order valence-electron chi connectivity index (χ3n) is 2.43. The number of hydroxylamine groups is 2. The molecule has 0 aromatic rings. The summed E-state index contributed by atoms with van der Waals surface area (Å²) in [5.74, 6) is 0. The Morgan fingerprint density at radius 1 is 1.15 bits per heavy atom. The van der Waals surface area contributed by atoms with Gasteiger partial charge in [0.1, 0.15) is 0 Å². The van der Waals surface area contributed by atoms with E-state index in [1.54, 1.807) is 0 Å². The first kappa shape index (κ1) is 20.1. The van der Waals surface area contributed by atoms with Crippen molar-refractivity contribution in [2.24, 2.45) is 22.9 Å². The van der Waals surface area contributed by atoms with Crippen LogP contribution in [-0.2, 0) is 13.8 Å². The predicted octanol–water partition coefficient (Wildman–Crippen LogP) is -3.26. The van der Waals surface area contributed by atoms with Crippen LogP contribution in [0.15, 0.2) is 0 Å². The summed E-state index contributed by atoms with van der Waals surface area (Å²) >= 11 is 0. The van der Waals surface area contributed by atoms with Gasteiger partial charge in [0.15, 0.2) is 0 Å². The Morgan fingerprint density at radius 2 is 1.50 bits per heavy atom. The molecule has 12 N–H and O–H groups in total. The van der Waals surface area contributed by atoms with Gasteiger partial charge in [-0.25, -0.2) is 4.62 Å². The Morgan fingerprint density at radius 3 is 1.75 bits per heavy atom. The first-order valence-corrected chi connectivity index (χ1v) is 8.51. The maximum atomic E-state index is 11.9. The predicted molar refractivity (Wildman–Crippen MR) is 69.5 cm³/mol. The lowest BCUT2D eigenvalue weighted by molar-refractivity contribution is -0.135. The molecule has 4 atom stereocenters. The first-order valence-electron chi connectivity index (χ1n) is 5.32. The highest BCUT2D eigenvalue weighted by Crippen LogP contribution is 2.70. The van der Waals surface area contributed by atoms with Gasteiger partial charge in [0.25, 0.3) is 5.08 Å². The van der Waals surface area contributed by atoms with E-state index in [0.29, 0.717) is 12.0 Å². The molecule has 0 aliphatic heterocycles. The molecule has 0 radical (unpaired) electrons. The van der Waals surface area contributed by atoms with Crippen molar-refractivity contribution in [3.05, 3.63) is 0 Å². The first-order chi connectivity index (χ1) is 8.81. The zero-order valence-corrected chi connectivity index (χ0v) is 12.5. The Hall–Kier alpha value is 0.0600. The summed E-state index contributed by atoms with van der Waals surface area (Å²) in [6.45, 7) is -0.0633.